The average molecular weight is 352 g/mol. The summed E-state index contributed by atoms with van der Waals surface area (Å²) in [7, 11) is 1.42. The topological polar surface area (TPSA) is 63.2 Å². The highest BCUT2D eigenvalue weighted by Gasteiger charge is 2.20. The number of hydrogen-bond acceptors (Lipinski definition) is 3. The molecule has 21 heavy (non-hydrogen) atoms. The summed E-state index contributed by atoms with van der Waals surface area (Å²) in [5.41, 5.74) is 0.540. The quantitative estimate of drug-likeness (QED) is 0.598. The van der Waals surface area contributed by atoms with Gasteiger partial charge in [0, 0.05) is 27.8 Å². The largest absolute Gasteiger partial charge is 0.352 e. The molecule has 1 N–H and O–H groups in total. The first-order chi connectivity index (χ1) is 9.77. The van der Waals surface area contributed by atoms with Crippen molar-refractivity contribution in [2.45, 2.75) is 44.4 Å². The number of carbonyl (C=O) groups excluding carboxylic acids is 1. The lowest BCUT2D eigenvalue weighted by Crippen LogP contribution is -2.25. The number of hydrogen-bond donors (Lipinski definition) is 1. The Morgan fingerprint density at radius 2 is 1.90 bits per heavy atom. The van der Waals surface area contributed by atoms with Crippen LogP contribution in [0, 0.1) is 6.92 Å². The summed E-state index contributed by atoms with van der Waals surface area (Å²) in [6.45, 7) is 4.20. The summed E-state index contributed by atoms with van der Waals surface area (Å²) < 4.78 is 23.0. The first kappa shape index (κ1) is 18.3. The highest BCUT2D eigenvalue weighted by molar-refractivity contribution is 8.13. The van der Waals surface area contributed by atoms with Gasteiger partial charge in [0.05, 0.1) is 4.90 Å². The fourth-order valence-electron chi connectivity index (χ4n) is 1.99. The van der Waals surface area contributed by atoms with Crippen LogP contribution < -0.4 is 5.32 Å². The highest BCUT2D eigenvalue weighted by atomic mass is 35.7. The van der Waals surface area contributed by atoms with Gasteiger partial charge >= 0.3 is 0 Å². The number of nitrogens with one attached hydrogen (secondary N) is 1. The molecule has 0 aromatic heterocycles. The zero-order valence-corrected chi connectivity index (χ0v) is 14.4. The molecule has 0 bridgehead atoms. The van der Waals surface area contributed by atoms with Crippen molar-refractivity contribution in [2.75, 3.05) is 6.54 Å². The molecule has 0 aliphatic rings. The molecular formula is C14H19Cl2NO3S. The maximum atomic E-state index is 12.1. The van der Waals surface area contributed by atoms with E-state index in [1.807, 2.05) is 0 Å². The second-order valence-corrected chi connectivity index (χ2v) is 7.80. The average Bonchev–Trinajstić information content (AvgIpc) is 2.39. The van der Waals surface area contributed by atoms with Crippen molar-refractivity contribution in [3.05, 3.63) is 28.3 Å². The first-order valence-corrected chi connectivity index (χ1v) is 9.49. The molecule has 118 valence electrons. The van der Waals surface area contributed by atoms with Gasteiger partial charge in [0.2, 0.25) is 0 Å². The Morgan fingerprint density at radius 1 is 1.24 bits per heavy atom. The number of amides is 1. The fraction of sp³-hybridized carbons (Fsp3) is 0.500. The van der Waals surface area contributed by atoms with Gasteiger partial charge in [0.15, 0.2) is 0 Å². The van der Waals surface area contributed by atoms with E-state index < -0.39 is 9.05 Å². The van der Waals surface area contributed by atoms with Crippen LogP contribution in [0.4, 0.5) is 0 Å². The predicted molar refractivity (Wildman–Crippen MR) is 85.7 cm³/mol. The summed E-state index contributed by atoms with van der Waals surface area (Å²) in [6, 6.07) is 2.70. The molecule has 0 saturated heterocycles. The fourth-order valence-corrected chi connectivity index (χ4v) is 3.50. The summed E-state index contributed by atoms with van der Waals surface area (Å²) in [4.78, 5) is 12.0. The van der Waals surface area contributed by atoms with Crippen molar-refractivity contribution in [3.63, 3.8) is 0 Å². The standard InChI is InChI=1S/C14H19Cl2NO3S/c1-3-4-5-6-7-17-14(18)12-8-11(15)9-13(10(12)2)21(16,19)20/h8-9H,3-7H2,1-2H3,(H,17,18). The van der Waals surface area contributed by atoms with Crippen LogP contribution in [-0.2, 0) is 9.05 Å². The zero-order valence-electron chi connectivity index (χ0n) is 12.1. The molecule has 1 rings (SSSR count). The monoisotopic (exact) mass is 351 g/mol. The van der Waals surface area contributed by atoms with Gasteiger partial charge in [-0.15, -0.1) is 0 Å². The smallest absolute Gasteiger partial charge is 0.261 e. The number of carbonyl (C=O) groups is 1. The van der Waals surface area contributed by atoms with Crippen LogP contribution in [0.2, 0.25) is 5.02 Å². The lowest BCUT2D eigenvalue weighted by atomic mass is 10.1. The minimum absolute atomic E-state index is 0.132. The molecule has 0 atom stereocenters. The van der Waals surface area contributed by atoms with Crippen LogP contribution >= 0.6 is 22.3 Å². The molecule has 0 radical (unpaired) electrons. The Balaban J connectivity index is 2.88. The van der Waals surface area contributed by atoms with Crippen LogP contribution in [0.1, 0.15) is 48.5 Å². The van der Waals surface area contributed by atoms with Crippen molar-refractivity contribution >= 4 is 37.2 Å². The number of benzene rings is 1. The molecule has 0 spiro atoms. The molecule has 0 unspecified atom stereocenters. The molecule has 0 heterocycles. The summed E-state index contributed by atoms with van der Waals surface area (Å²) in [5.74, 6) is -0.340. The van der Waals surface area contributed by atoms with Crippen LogP contribution in [0.3, 0.4) is 0 Å². The van der Waals surface area contributed by atoms with Crippen molar-refractivity contribution in [3.8, 4) is 0 Å². The predicted octanol–water partition coefficient (Wildman–Crippen LogP) is 3.89. The summed E-state index contributed by atoms with van der Waals surface area (Å²) >= 11 is 5.87. The third-order valence-corrected chi connectivity index (χ3v) is 4.81. The molecule has 1 aromatic rings. The molecule has 1 aromatic carbocycles. The molecule has 4 nitrogen and oxygen atoms in total. The zero-order chi connectivity index (χ0) is 16.0. The van der Waals surface area contributed by atoms with E-state index in [0.29, 0.717) is 12.1 Å². The number of unbranched alkanes of at least 4 members (excludes halogenated alkanes) is 3. The van der Waals surface area contributed by atoms with E-state index in [1.54, 1.807) is 0 Å². The third-order valence-electron chi connectivity index (χ3n) is 3.15. The van der Waals surface area contributed by atoms with Gasteiger partial charge in [-0.3, -0.25) is 4.79 Å². The van der Waals surface area contributed by atoms with Crippen LogP contribution in [0.5, 0.6) is 0 Å². The first-order valence-electron chi connectivity index (χ1n) is 6.80. The Kier molecular flexibility index (Phi) is 6.97. The van der Waals surface area contributed by atoms with Gasteiger partial charge in [0.1, 0.15) is 0 Å². The molecule has 0 aliphatic carbocycles. The molecule has 7 heteroatoms. The molecule has 1 amide bonds. The van der Waals surface area contributed by atoms with Crippen molar-refractivity contribution in [1.82, 2.24) is 5.32 Å². The molecular weight excluding hydrogens is 333 g/mol. The van der Waals surface area contributed by atoms with Crippen LogP contribution in [0.15, 0.2) is 17.0 Å². The number of rotatable bonds is 7. The summed E-state index contributed by atoms with van der Waals surface area (Å²) in [5, 5.41) is 2.93. The number of halogens is 2. The van der Waals surface area contributed by atoms with Gasteiger partial charge < -0.3 is 5.32 Å². The summed E-state index contributed by atoms with van der Waals surface area (Å²) in [6.07, 6.45) is 4.19. The van der Waals surface area contributed by atoms with Gasteiger partial charge in [-0.2, -0.15) is 0 Å². The minimum Gasteiger partial charge on any atom is -0.352 e. The van der Waals surface area contributed by atoms with Gasteiger partial charge in [-0.25, -0.2) is 8.42 Å². The van der Waals surface area contributed by atoms with E-state index in [4.69, 9.17) is 22.3 Å². The van der Waals surface area contributed by atoms with Crippen molar-refractivity contribution < 1.29 is 13.2 Å². The molecule has 0 saturated carbocycles. The van der Waals surface area contributed by atoms with E-state index in [9.17, 15) is 13.2 Å². The minimum atomic E-state index is -3.94. The van der Waals surface area contributed by atoms with E-state index >= 15 is 0 Å². The van der Waals surface area contributed by atoms with Crippen LogP contribution in [-0.4, -0.2) is 20.9 Å². The van der Waals surface area contributed by atoms with Crippen LogP contribution in [0.25, 0.3) is 0 Å². The van der Waals surface area contributed by atoms with E-state index in [1.165, 1.54) is 19.1 Å². The maximum Gasteiger partial charge on any atom is 0.261 e. The Morgan fingerprint density at radius 3 is 2.48 bits per heavy atom. The third kappa shape index (κ3) is 5.49. The molecule has 0 fully saturated rings. The maximum absolute atomic E-state index is 12.1. The van der Waals surface area contributed by atoms with E-state index in [2.05, 4.69) is 12.2 Å². The van der Waals surface area contributed by atoms with Gasteiger partial charge in [-0.05, 0) is 31.0 Å². The Hall–Kier alpha value is -0.780. The second-order valence-electron chi connectivity index (χ2n) is 4.83. The van der Waals surface area contributed by atoms with Gasteiger partial charge in [0.25, 0.3) is 15.0 Å². The van der Waals surface area contributed by atoms with Crippen molar-refractivity contribution in [2.24, 2.45) is 0 Å². The SMILES string of the molecule is CCCCCCNC(=O)c1cc(Cl)cc(S(=O)(=O)Cl)c1C. The Bertz CT molecular complexity index is 615. The van der Waals surface area contributed by atoms with E-state index in [-0.39, 0.29) is 21.4 Å². The van der Waals surface area contributed by atoms with Gasteiger partial charge in [-0.1, -0.05) is 37.8 Å². The van der Waals surface area contributed by atoms with Crippen molar-refractivity contribution in [1.29, 1.82) is 0 Å². The van der Waals surface area contributed by atoms with E-state index in [0.717, 1.165) is 25.7 Å². The lowest BCUT2D eigenvalue weighted by molar-refractivity contribution is 0.0952. The lowest BCUT2D eigenvalue weighted by Gasteiger charge is -2.11. The molecule has 0 aliphatic heterocycles. The highest BCUT2D eigenvalue weighted by Crippen LogP contribution is 2.26. The normalized spacial score (nSPS) is 11.4. The second kappa shape index (κ2) is 8.01. The Labute approximate surface area is 135 Å².